The van der Waals surface area contributed by atoms with Crippen LogP contribution in [0.15, 0.2) is 24.3 Å². The van der Waals surface area contributed by atoms with Gasteiger partial charge in [0.1, 0.15) is 0 Å². The zero-order chi connectivity index (χ0) is 14.8. The van der Waals surface area contributed by atoms with Gasteiger partial charge in [-0.15, -0.1) is 11.8 Å². The maximum absolute atomic E-state index is 11.9. The molecule has 1 aliphatic rings. The van der Waals surface area contributed by atoms with Crippen molar-refractivity contribution in [3.05, 3.63) is 34.9 Å². The van der Waals surface area contributed by atoms with Crippen LogP contribution in [-0.4, -0.2) is 28.9 Å². The predicted molar refractivity (Wildman–Crippen MR) is 83.9 cm³/mol. The first kappa shape index (κ1) is 15.7. The molecule has 3 nitrogen and oxygen atoms in total. The van der Waals surface area contributed by atoms with Crippen LogP contribution >= 0.6 is 23.4 Å². The van der Waals surface area contributed by atoms with Gasteiger partial charge in [-0.1, -0.05) is 37.6 Å². The van der Waals surface area contributed by atoms with Crippen LogP contribution in [0.1, 0.15) is 25.8 Å². The van der Waals surface area contributed by atoms with Gasteiger partial charge in [0.05, 0.1) is 11.9 Å². The van der Waals surface area contributed by atoms with E-state index in [-0.39, 0.29) is 23.5 Å². The minimum Gasteiger partial charge on any atom is -0.392 e. The van der Waals surface area contributed by atoms with Gasteiger partial charge in [-0.3, -0.25) is 4.79 Å². The fraction of sp³-hybridized carbons (Fsp3) is 0.533. The van der Waals surface area contributed by atoms with E-state index in [9.17, 15) is 9.90 Å². The SMILES string of the molecule is CC1(C)C(O)CC1NC(=O)CSCc1cccc(Cl)c1. The van der Waals surface area contributed by atoms with Crippen LogP contribution in [0.5, 0.6) is 0 Å². The molecule has 1 aromatic carbocycles. The van der Waals surface area contributed by atoms with Crippen molar-refractivity contribution >= 4 is 29.3 Å². The first-order valence-electron chi connectivity index (χ1n) is 6.69. The molecule has 0 heterocycles. The van der Waals surface area contributed by atoms with Crippen molar-refractivity contribution in [3.63, 3.8) is 0 Å². The molecule has 2 rings (SSSR count). The Morgan fingerprint density at radius 2 is 2.30 bits per heavy atom. The fourth-order valence-electron chi connectivity index (χ4n) is 2.27. The van der Waals surface area contributed by atoms with Crippen molar-refractivity contribution in [1.29, 1.82) is 0 Å². The maximum atomic E-state index is 11.9. The van der Waals surface area contributed by atoms with Crippen molar-refractivity contribution in [1.82, 2.24) is 5.32 Å². The molecule has 0 bridgehead atoms. The Balaban J connectivity index is 1.71. The molecule has 2 atom stereocenters. The minimum atomic E-state index is -0.313. The molecule has 5 heteroatoms. The fourth-order valence-corrected chi connectivity index (χ4v) is 3.27. The molecule has 20 heavy (non-hydrogen) atoms. The highest BCUT2D eigenvalue weighted by molar-refractivity contribution is 7.99. The second-order valence-corrected chi connectivity index (χ2v) is 7.24. The van der Waals surface area contributed by atoms with Crippen LogP contribution in [-0.2, 0) is 10.5 Å². The monoisotopic (exact) mass is 313 g/mol. The van der Waals surface area contributed by atoms with Gasteiger partial charge in [0.2, 0.25) is 5.91 Å². The zero-order valence-electron chi connectivity index (χ0n) is 11.7. The van der Waals surface area contributed by atoms with Crippen LogP contribution in [0.4, 0.5) is 0 Å². The van der Waals surface area contributed by atoms with E-state index in [1.807, 2.05) is 38.1 Å². The minimum absolute atomic E-state index is 0.0296. The lowest BCUT2D eigenvalue weighted by Gasteiger charge is -2.49. The summed E-state index contributed by atoms with van der Waals surface area (Å²) < 4.78 is 0. The number of thioether (sulfide) groups is 1. The second kappa shape index (κ2) is 6.37. The smallest absolute Gasteiger partial charge is 0.230 e. The summed E-state index contributed by atoms with van der Waals surface area (Å²) in [7, 11) is 0. The highest BCUT2D eigenvalue weighted by atomic mass is 35.5. The van der Waals surface area contributed by atoms with E-state index in [1.54, 1.807) is 11.8 Å². The molecule has 2 unspecified atom stereocenters. The van der Waals surface area contributed by atoms with Gasteiger partial charge in [-0.25, -0.2) is 0 Å². The first-order chi connectivity index (χ1) is 9.39. The number of benzene rings is 1. The normalized spacial score (nSPS) is 24.0. The van der Waals surface area contributed by atoms with E-state index in [0.29, 0.717) is 12.2 Å². The Morgan fingerprint density at radius 1 is 1.55 bits per heavy atom. The number of amides is 1. The predicted octanol–water partition coefficient (Wildman–Crippen LogP) is 2.85. The van der Waals surface area contributed by atoms with Gasteiger partial charge in [0, 0.05) is 22.2 Å². The summed E-state index contributed by atoms with van der Waals surface area (Å²) >= 11 is 7.48. The summed E-state index contributed by atoms with van der Waals surface area (Å²) in [5.41, 5.74) is 0.905. The third kappa shape index (κ3) is 3.68. The van der Waals surface area contributed by atoms with Crippen molar-refractivity contribution < 1.29 is 9.90 Å². The standard InChI is InChI=1S/C15H20ClNO2S/c1-15(2)12(7-13(15)18)17-14(19)9-20-8-10-4-3-5-11(16)6-10/h3-6,12-13,18H,7-9H2,1-2H3,(H,17,19). The van der Waals surface area contributed by atoms with E-state index in [1.165, 1.54) is 0 Å². The largest absolute Gasteiger partial charge is 0.392 e. The van der Waals surface area contributed by atoms with Gasteiger partial charge in [0.25, 0.3) is 0 Å². The molecule has 1 amide bonds. The Morgan fingerprint density at radius 3 is 2.90 bits per heavy atom. The van der Waals surface area contributed by atoms with Crippen LogP contribution in [0, 0.1) is 5.41 Å². The number of aliphatic hydroxyl groups excluding tert-OH is 1. The number of carbonyl (C=O) groups excluding carboxylic acids is 1. The third-order valence-corrected chi connectivity index (χ3v) is 5.18. The first-order valence-corrected chi connectivity index (χ1v) is 8.22. The Bertz CT molecular complexity index is 493. The summed E-state index contributed by atoms with van der Waals surface area (Å²) in [4.78, 5) is 11.9. The Kier molecular flexibility index (Phi) is 4.99. The average Bonchev–Trinajstić information content (AvgIpc) is 2.38. The van der Waals surface area contributed by atoms with Gasteiger partial charge < -0.3 is 10.4 Å². The van der Waals surface area contributed by atoms with Gasteiger partial charge in [-0.2, -0.15) is 0 Å². The molecular formula is C15H20ClNO2S. The average molecular weight is 314 g/mol. The molecule has 110 valence electrons. The van der Waals surface area contributed by atoms with Crippen LogP contribution in [0.25, 0.3) is 0 Å². The summed E-state index contributed by atoms with van der Waals surface area (Å²) in [6.45, 7) is 3.95. The molecule has 1 saturated carbocycles. The van der Waals surface area contributed by atoms with E-state index < -0.39 is 0 Å². The molecule has 2 N–H and O–H groups in total. The molecule has 0 saturated heterocycles. The van der Waals surface area contributed by atoms with Gasteiger partial charge in [0.15, 0.2) is 0 Å². The molecule has 0 aromatic heterocycles. The van der Waals surface area contributed by atoms with E-state index in [0.717, 1.165) is 16.3 Å². The maximum Gasteiger partial charge on any atom is 0.230 e. The zero-order valence-corrected chi connectivity index (χ0v) is 13.3. The third-order valence-electron chi connectivity index (χ3n) is 3.94. The lowest BCUT2D eigenvalue weighted by atomic mass is 9.64. The molecule has 0 spiro atoms. The number of halogens is 1. The lowest BCUT2D eigenvalue weighted by Crippen LogP contribution is -2.61. The Labute approximate surface area is 129 Å². The van der Waals surface area contributed by atoms with Crippen molar-refractivity contribution in [2.45, 2.75) is 38.2 Å². The topological polar surface area (TPSA) is 49.3 Å². The second-order valence-electron chi connectivity index (χ2n) is 5.82. The summed E-state index contributed by atoms with van der Waals surface area (Å²) in [5.74, 6) is 1.22. The van der Waals surface area contributed by atoms with Crippen LogP contribution < -0.4 is 5.32 Å². The van der Waals surface area contributed by atoms with E-state index in [4.69, 9.17) is 11.6 Å². The molecule has 1 aromatic rings. The van der Waals surface area contributed by atoms with Crippen molar-refractivity contribution in [2.75, 3.05) is 5.75 Å². The van der Waals surface area contributed by atoms with Crippen molar-refractivity contribution in [3.8, 4) is 0 Å². The highest BCUT2D eigenvalue weighted by Crippen LogP contribution is 2.40. The summed E-state index contributed by atoms with van der Waals surface area (Å²) in [6, 6.07) is 7.75. The number of hydrogen-bond donors (Lipinski definition) is 2. The summed E-state index contributed by atoms with van der Waals surface area (Å²) in [5, 5.41) is 13.3. The van der Waals surface area contributed by atoms with Crippen LogP contribution in [0.2, 0.25) is 5.02 Å². The summed E-state index contributed by atoms with van der Waals surface area (Å²) in [6.07, 6.45) is 0.337. The van der Waals surface area contributed by atoms with Gasteiger partial charge in [-0.05, 0) is 24.1 Å². The van der Waals surface area contributed by atoms with E-state index >= 15 is 0 Å². The quantitative estimate of drug-likeness (QED) is 0.879. The highest BCUT2D eigenvalue weighted by Gasteiger charge is 2.47. The number of rotatable bonds is 5. The Hall–Kier alpha value is -0.710. The molecule has 0 aliphatic heterocycles. The molecule has 1 aliphatic carbocycles. The molecular weight excluding hydrogens is 294 g/mol. The number of hydrogen-bond acceptors (Lipinski definition) is 3. The number of nitrogens with one attached hydrogen (secondary N) is 1. The number of aliphatic hydroxyl groups is 1. The van der Waals surface area contributed by atoms with E-state index in [2.05, 4.69) is 5.32 Å². The van der Waals surface area contributed by atoms with Crippen LogP contribution in [0.3, 0.4) is 0 Å². The number of carbonyl (C=O) groups is 1. The molecule has 0 radical (unpaired) electrons. The lowest BCUT2D eigenvalue weighted by molar-refractivity contribution is -0.126. The van der Waals surface area contributed by atoms with Gasteiger partial charge >= 0.3 is 0 Å². The molecule has 1 fully saturated rings. The van der Waals surface area contributed by atoms with Crippen molar-refractivity contribution in [2.24, 2.45) is 5.41 Å².